The summed E-state index contributed by atoms with van der Waals surface area (Å²) in [7, 11) is 0. The predicted octanol–water partition coefficient (Wildman–Crippen LogP) is 5.79. The highest BCUT2D eigenvalue weighted by atomic mass is 35.5. The summed E-state index contributed by atoms with van der Waals surface area (Å²) in [4.78, 5) is 17.4. The first-order valence-electron chi connectivity index (χ1n) is 10.8. The topological polar surface area (TPSA) is 56.2 Å². The molecule has 0 radical (unpaired) electrons. The highest BCUT2D eigenvalue weighted by Gasteiger charge is 2.13. The molecule has 6 heteroatoms. The maximum absolute atomic E-state index is 12.7. The van der Waals surface area contributed by atoms with Gasteiger partial charge in [-0.05, 0) is 55.7 Å². The number of para-hydroxylation sites is 3. The molecule has 3 aromatic carbocycles. The van der Waals surface area contributed by atoms with Gasteiger partial charge in [-0.1, -0.05) is 54.1 Å². The Bertz CT molecular complexity index is 1220. The van der Waals surface area contributed by atoms with E-state index in [1.807, 2.05) is 73.7 Å². The molecule has 0 unspecified atom stereocenters. The van der Waals surface area contributed by atoms with Gasteiger partial charge in [0.05, 0.1) is 29.2 Å². The third-order valence-electron chi connectivity index (χ3n) is 5.40. The van der Waals surface area contributed by atoms with E-state index in [1.165, 1.54) is 0 Å². The van der Waals surface area contributed by atoms with Crippen LogP contribution in [-0.4, -0.2) is 22.1 Å². The molecule has 0 spiro atoms. The summed E-state index contributed by atoms with van der Waals surface area (Å²) in [6.07, 6.45) is 1.80. The normalized spacial score (nSPS) is 10.9. The molecule has 32 heavy (non-hydrogen) atoms. The van der Waals surface area contributed by atoms with Crippen LogP contribution in [0.15, 0.2) is 72.8 Å². The highest BCUT2D eigenvalue weighted by Crippen LogP contribution is 2.23. The Morgan fingerprint density at radius 1 is 1.00 bits per heavy atom. The number of hydrogen-bond donors (Lipinski definition) is 1. The lowest BCUT2D eigenvalue weighted by molar-refractivity contribution is 0.0949. The Labute approximate surface area is 193 Å². The number of fused-ring (bicyclic) bond motifs is 1. The molecule has 0 fully saturated rings. The molecular weight excluding hydrogens is 422 g/mol. The number of ether oxygens (including phenoxy) is 1. The zero-order chi connectivity index (χ0) is 22.3. The number of carbonyl (C=O) groups is 1. The number of imidazole rings is 1. The third kappa shape index (κ3) is 5.11. The van der Waals surface area contributed by atoms with Gasteiger partial charge in [0, 0.05) is 12.1 Å². The van der Waals surface area contributed by atoms with Gasteiger partial charge in [0.15, 0.2) is 0 Å². The summed E-state index contributed by atoms with van der Waals surface area (Å²) in [6.45, 7) is 3.70. The number of unbranched alkanes of at least 4 members (excludes halogenated alkanes) is 1. The minimum Gasteiger partial charge on any atom is -0.492 e. The lowest BCUT2D eigenvalue weighted by atomic mass is 10.1. The van der Waals surface area contributed by atoms with Crippen LogP contribution >= 0.6 is 11.6 Å². The van der Waals surface area contributed by atoms with E-state index in [2.05, 4.69) is 16.0 Å². The average Bonchev–Trinajstić information content (AvgIpc) is 3.16. The molecular formula is C26H26ClN3O2. The Hall–Kier alpha value is -3.31. The number of hydrogen-bond acceptors (Lipinski definition) is 3. The van der Waals surface area contributed by atoms with E-state index >= 15 is 0 Å². The first-order chi connectivity index (χ1) is 15.6. The fourth-order valence-corrected chi connectivity index (χ4v) is 3.90. The molecule has 0 saturated heterocycles. The largest absolute Gasteiger partial charge is 0.492 e. The van der Waals surface area contributed by atoms with E-state index in [-0.39, 0.29) is 5.91 Å². The first kappa shape index (κ1) is 21.9. The van der Waals surface area contributed by atoms with E-state index in [0.717, 1.165) is 41.8 Å². The minimum absolute atomic E-state index is 0.0881. The van der Waals surface area contributed by atoms with E-state index in [9.17, 15) is 4.79 Å². The average molecular weight is 448 g/mol. The van der Waals surface area contributed by atoms with E-state index in [1.54, 1.807) is 0 Å². The summed E-state index contributed by atoms with van der Waals surface area (Å²) < 4.78 is 7.98. The molecule has 1 amide bonds. The lowest BCUT2D eigenvalue weighted by Crippen LogP contribution is -2.25. The molecule has 1 N–H and O–H groups in total. The van der Waals surface area contributed by atoms with Crippen molar-refractivity contribution in [1.82, 2.24) is 14.9 Å². The van der Waals surface area contributed by atoms with Gasteiger partial charge < -0.3 is 14.6 Å². The Kier molecular flexibility index (Phi) is 7.07. The van der Waals surface area contributed by atoms with E-state index in [0.29, 0.717) is 29.5 Å². The van der Waals surface area contributed by atoms with Gasteiger partial charge in [-0.3, -0.25) is 4.79 Å². The maximum atomic E-state index is 12.7. The Morgan fingerprint density at radius 3 is 2.59 bits per heavy atom. The quantitative estimate of drug-likeness (QED) is 0.330. The summed E-state index contributed by atoms with van der Waals surface area (Å²) in [5, 5.41) is 3.65. The minimum atomic E-state index is -0.0881. The van der Waals surface area contributed by atoms with E-state index in [4.69, 9.17) is 21.3 Å². The SMILES string of the molecule is Cc1ccccc1C(=O)NCc1nc2ccccc2n1CCCCOc1ccccc1Cl. The molecule has 0 saturated carbocycles. The van der Waals surface area contributed by atoms with Crippen molar-refractivity contribution in [2.75, 3.05) is 6.61 Å². The molecule has 0 bridgehead atoms. The van der Waals surface area contributed by atoms with Crippen molar-refractivity contribution in [1.29, 1.82) is 0 Å². The van der Waals surface area contributed by atoms with Crippen LogP contribution in [0.1, 0.15) is 34.6 Å². The number of aromatic nitrogens is 2. The zero-order valence-corrected chi connectivity index (χ0v) is 18.8. The maximum Gasteiger partial charge on any atom is 0.251 e. The number of benzene rings is 3. The number of amides is 1. The van der Waals surface area contributed by atoms with Gasteiger partial charge in [0.25, 0.3) is 5.91 Å². The summed E-state index contributed by atoms with van der Waals surface area (Å²) in [5.41, 5.74) is 3.64. The highest BCUT2D eigenvalue weighted by molar-refractivity contribution is 6.32. The van der Waals surface area contributed by atoms with Crippen LogP contribution < -0.4 is 10.1 Å². The van der Waals surface area contributed by atoms with Crippen LogP contribution in [0.5, 0.6) is 5.75 Å². The molecule has 0 atom stereocenters. The van der Waals surface area contributed by atoms with Crippen LogP contribution in [-0.2, 0) is 13.1 Å². The smallest absolute Gasteiger partial charge is 0.251 e. The Morgan fingerprint density at radius 2 is 1.75 bits per heavy atom. The van der Waals surface area contributed by atoms with Crippen molar-refractivity contribution in [2.24, 2.45) is 0 Å². The number of halogens is 1. The molecule has 1 heterocycles. The Balaban J connectivity index is 1.39. The second-order valence-corrected chi connectivity index (χ2v) is 8.06. The van der Waals surface area contributed by atoms with Crippen LogP contribution in [0, 0.1) is 6.92 Å². The molecule has 0 aliphatic heterocycles. The van der Waals surface area contributed by atoms with Crippen molar-refractivity contribution in [2.45, 2.75) is 32.9 Å². The van der Waals surface area contributed by atoms with Crippen molar-refractivity contribution < 1.29 is 9.53 Å². The van der Waals surface area contributed by atoms with Crippen LogP contribution in [0.2, 0.25) is 5.02 Å². The molecule has 4 rings (SSSR count). The second kappa shape index (κ2) is 10.3. The fraction of sp³-hybridized carbons (Fsp3) is 0.231. The van der Waals surface area contributed by atoms with Crippen LogP contribution in [0.3, 0.4) is 0 Å². The van der Waals surface area contributed by atoms with Gasteiger partial charge in [-0.25, -0.2) is 4.98 Å². The van der Waals surface area contributed by atoms with Crippen molar-refractivity contribution in [3.05, 3.63) is 94.8 Å². The zero-order valence-electron chi connectivity index (χ0n) is 18.1. The number of carbonyl (C=O) groups excluding carboxylic acids is 1. The fourth-order valence-electron chi connectivity index (χ4n) is 3.71. The number of nitrogens with zero attached hydrogens (tertiary/aromatic N) is 2. The summed E-state index contributed by atoms with van der Waals surface area (Å²) in [5.74, 6) is 1.47. The van der Waals surface area contributed by atoms with E-state index < -0.39 is 0 Å². The summed E-state index contributed by atoms with van der Waals surface area (Å²) >= 11 is 6.15. The van der Waals surface area contributed by atoms with Gasteiger partial charge in [0.2, 0.25) is 0 Å². The molecule has 5 nitrogen and oxygen atoms in total. The number of aryl methyl sites for hydroxylation is 2. The monoisotopic (exact) mass is 447 g/mol. The molecule has 0 aliphatic rings. The van der Waals surface area contributed by atoms with Crippen molar-refractivity contribution in [3.63, 3.8) is 0 Å². The summed E-state index contributed by atoms with van der Waals surface area (Å²) in [6, 6.07) is 23.1. The molecule has 164 valence electrons. The third-order valence-corrected chi connectivity index (χ3v) is 5.71. The second-order valence-electron chi connectivity index (χ2n) is 7.65. The first-order valence-corrected chi connectivity index (χ1v) is 11.2. The van der Waals surface area contributed by atoms with Gasteiger partial charge >= 0.3 is 0 Å². The van der Waals surface area contributed by atoms with Crippen molar-refractivity contribution >= 4 is 28.5 Å². The number of nitrogens with one attached hydrogen (secondary N) is 1. The molecule has 4 aromatic rings. The van der Waals surface area contributed by atoms with Gasteiger partial charge in [-0.15, -0.1) is 0 Å². The molecule has 1 aromatic heterocycles. The predicted molar refractivity (Wildman–Crippen MR) is 128 cm³/mol. The standard InChI is InChI=1S/C26H26ClN3O2/c1-19-10-2-3-11-20(19)26(31)28-18-25-29-22-13-5-6-14-23(22)30(25)16-8-9-17-32-24-15-7-4-12-21(24)27/h2-7,10-15H,8-9,16-18H2,1H3,(H,28,31). The van der Waals surface area contributed by atoms with Gasteiger partial charge in [-0.2, -0.15) is 0 Å². The van der Waals surface area contributed by atoms with Gasteiger partial charge in [0.1, 0.15) is 11.6 Å². The van der Waals surface area contributed by atoms with Crippen molar-refractivity contribution in [3.8, 4) is 5.75 Å². The number of rotatable bonds is 9. The van der Waals surface area contributed by atoms with Crippen LogP contribution in [0.4, 0.5) is 0 Å². The molecule has 0 aliphatic carbocycles. The lowest BCUT2D eigenvalue weighted by Gasteiger charge is -2.12. The van der Waals surface area contributed by atoms with Crippen LogP contribution in [0.25, 0.3) is 11.0 Å².